The Bertz CT molecular complexity index is 274. The Morgan fingerprint density at radius 3 is 1.88 bits per heavy atom. The molecule has 0 fully saturated rings. The van der Waals surface area contributed by atoms with Crippen LogP contribution in [0.25, 0.3) is 0 Å². The maximum atomic E-state index is 11.9. The average molecular weight is 266 g/mol. The summed E-state index contributed by atoms with van der Waals surface area (Å²) < 4.78 is 0. The maximum absolute atomic E-state index is 11.9. The van der Waals surface area contributed by atoms with Crippen LogP contribution in [-0.2, 0) is 9.59 Å². The van der Waals surface area contributed by atoms with Crippen molar-refractivity contribution in [2.75, 3.05) is 27.7 Å². The van der Waals surface area contributed by atoms with Gasteiger partial charge in [0.2, 0.25) is 11.8 Å². The van der Waals surface area contributed by atoms with Gasteiger partial charge in [0.1, 0.15) is 0 Å². The SMILES string of the molecule is CN(C)C(=O)CN(C)C(=O)C(N)C(C)(C)C.Cl. The van der Waals surface area contributed by atoms with Crippen molar-refractivity contribution in [3.8, 4) is 0 Å². The lowest BCUT2D eigenvalue weighted by atomic mass is 9.86. The van der Waals surface area contributed by atoms with Crippen LogP contribution < -0.4 is 5.73 Å². The summed E-state index contributed by atoms with van der Waals surface area (Å²) in [5.74, 6) is -0.320. The molecule has 0 heterocycles. The third kappa shape index (κ3) is 5.89. The molecule has 0 spiro atoms. The normalized spacial score (nSPS) is 12.4. The molecular formula is C11H24ClN3O2. The van der Waals surface area contributed by atoms with Gasteiger partial charge in [-0.3, -0.25) is 9.59 Å². The molecule has 2 amide bonds. The molecule has 1 atom stereocenters. The monoisotopic (exact) mass is 265 g/mol. The van der Waals surface area contributed by atoms with Crippen molar-refractivity contribution < 1.29 is 9.59 Å². The van der Waals surface area contributed by atoms with E-state index in [1.165, 1.54) is 9.80 Å². The molecule has 102 valence electrons. The second kappa shape index (κ2) is 6.81. The van der Waals surface area contributed by atoms with E-state index < -0.39 is 6.04 Å². The molecule has 17 heavy (non-hydrogen) atoms. The molecule has 2 N–H and O–H groups in total. The van der Waals surface area contributed by atoms with Gasteiger partial charge in [0.05, 0.1) is 12.6 Å². The predicted molar refractivity (Wildman–Crippen MR) is 71.0 cm³/mol. The largest absolute Gasteiger partial charge is 0.347 e. The molecule has 0 aliphatic heterocycles. The Labute approximate surface area is 110 Å². The molecule has 0 rings (SSSR count). The molecule has 0 radical (unpaired) electrons. The van der Waals surface area contributed by atoms with Gasteiger partial charge in [0.25, 0.3) is 0 Å². The maximum Gasteiger partial charge on any atom is 0.241 e. The lowest BCUT2D eigenvalue weighted by Crippen LogP contribution is -2.51. The van der Waals surface area contributed by atoms with Gasteiger partial charge in [-0.2, -0.15) is 0 Å². The summed E-state index contributed by atoms with van der Waals surface area (Å²) in [6.45, 7) is 5.77. The first-order valence-corrected chi connectivity index (χ1v) is 5.28. The fraction of sp³-hybridized carbons (Fsp3) is 0.818. The number of hydrogen-bond acceptors (Lipinski definition) is 3. The minimum Gasteiger partial charge on any atom is -0.347 e. The van der Waals surface area contributed by atoms with E-state index in [9.17, 15) is 9.59 Å². The fourth-order valence-electron chi connectivity index (χ4n) is 1.03. The highest BCUT2D eigenvalue weighted by molar-refractivity contribution is 5.87. The van der Waals surface area contributed by atoms with Crippen LogP contribution in [0.4, 0.5) is 0 Å². The minimum absolute atomic E-state index is 0. The molecule has 1 unspecified atom stereocenters. The predicted octanol–water partition coefficient (Wildman–Crippen LogP) is 0.328. The number of carbonyl (C=O) groups excluding carboxylic acids is 2. The van der Waals surface area contributed by atoms with E-state index in [1.54, 1.807) is 21.1 Å². The molecular weight excluding hydrogens is 242 g/mol. The summed E-state index contributed by atoms with van der Waals surface area (Å²) in [6, 6.07) is -0.590. The third-order valence-corrected chi connectivity index (χ3v) is 2.45. The van der Waals surface area contributed by atoms with Gasteiger partial charge in [-0.1, -0.05) is 20.8 Å². The second-order valence-corrected chi connectivity index (χ2v) is 5.33. The van der Waals surface area contributed by atoms with E-state index in [-0.39, 0.29) is 36.2 Å². The Kier molecular flexibility index (Phi) is 7.43. The van der Waals surface area contributed by atoms with E-state index in [4.69, 9.17) is 5.73 Å². The quantitative estimate of drug-likeness (QED) is 0.800. The average Bonchev–Trinajstić information content (AvgIpc) is 2.13. The summed E-state index contributed by atoms with van der Waals surface area (Å²) in [5, 5.41) is 0. The Balaban J connectivity index is 0. The first-order valence-electron chi connectivity index (χ1n) is 5.28. The van der Waals surface area contributed by atoms with Crippen molar-refractivity contribution in [1.29, 1.82) is 0 Å². The van der Waals surface area contributed by atoms with E-state index >= 15 is 0 Å². The first-order chi connectivity index (χ1) is 7.07. The summed E-state index contributed by atoms with van der Waals surface area (Å²) in [5.41, 5.74) is 5.53. The van der Waals surface area contributed by atoms with Crippen molar-refractivity contribution in [2.45, 2.75) is 26.8 Å². The van der Waals surface area contributed by atoms with Crippen molar-refractivity contribution in [1.82, 2.24) is 9.80 Å². The van der Waals surface area contributed by atoms with Gasteiger partial charge in [-0.05, 0) is 5.41 Å². The lowest BCUT2D eigenvalue weighted by molar-refractivity contribution is -0.140. The topological polar surface area (TPSA) is 66.6 Å². The van der Waals surface area contributed by atoms with Crippen LogP contribution >= 0.6 is 12.4 Å². The zero-order chi connectivity index (χ0) is 13.1. The van der Waals surface area contributed by atoms with Gasteiger partial charge >= 0.3 is 0 Å². The van der Waals surface area contributed by atoms with Crippen molar-refractivity contribution in [3.63, 3.8) is 0 Å². The van der Waals surface area contributed by atoms with E-state index in [2.05, 4.69) is 0 Å². The number of nitrogens with two attached hydrogens (primary N) is 1. The molecule has 0 aliphatic rings. The van der Waals surface area contributed by atoms with Gasteiger partial charge in [-0.25, -0.2) is 0 Å². The highest BCUT2D eigenvalue weighted by atomic mass is 35.5. The third-order valence-electron chi connectivity index (χ3n) is 2.45. The molecule has 6 heteroatoms. The number of carbonyl (C=O) groups is 2. The first kappa shape index (κ1) is 18.6. The highest BCUT2D eigenvalue weighted by Gasteiger charge is 2.30. The van der Waals surface area contributed by atoms with E-state index in [0.29, 0.717) is 0 Å². The smallest absolute Gasteiger partial charge is 0.241 e. The van der Waals surface area contributed by atoms with Crippen LogP contribution in [0.5, 0.6) is 0 Å². The number of hydrogen-bond donors (Lipinski definition) is 1. The Morgan fingerprint density at radius 2 is 1.59 bits per heavy atom. The highest BCUT2D eigenvalue weighted by Crippen LogP contribution is 2.18. The summed E-state index contributed by atoms with van der Waals surface area (Å²) in [7, 11) is 4.91. The molecule has 0 bridgehead atoms. The van der Waals surface area contributed by atoms with E-state index in [0.717, 1.165) is 0 Å². The van der Waals surface area contributed by atoms with Gasteiger partial charge in [0.15, 0.2) is 0 Å². The molecule has 0 aromatic carbocycles. The molecule has 5 nitrogen and oxygen atoms in total. The summed E-state index contributed by atoms with van der Waals surface area (Å²) in [4.78, 5) is 26.1. The fourth-order valence-corrected chi connectivity index (χ4v) is 1.03. The van der Waals surface area contributed by atoms with Crippen molar-refractivity contribution >= 4 is 24.2 Å². The zero-order valence-corrected chi connectivity index (χ0v) is 12.3. The van der Waals surface area contributed by atoms with Crippen LogP contribution in [0, 0.1) is 5.41 Å². The molecule has 0 aliphatic carbocycles. The van der Waals surface area contributed by atoms with Gasteiger partial charge < -0.3 is 15.5 Å². The van der Waals surface area contributed by atoms with Crippen LogP contribution in [-0.4, -0.2) is 55.3 Å². The number of rotatable bonds is 3. The number of nitrogens with zero attached hydrogens (tertiary/aromatic N) is 2. The molecule has 0 aromatic heterocycles. The molecule has 0 saturated carbocycles. The van der Waals surface area contributed by atoms with Crippen LogP contribution in [0.1, 0.15) is 20.8 Å². The number of halogens is 1. The van der Waals surface area contributed by atoms with Crippen molar-refractivity contribution in [2.24, 2.45) is 11.1 Å². The summed E-state index contributed by atoms with van der Waals surface area (Å²) in [6.07, 6.45) is 0. The van der Waals surface area contributed by atoms with Crippen LogP contribution in [0.2, 0.25) is 0 Å². The number of likely N-dealkylation sites (N-methyl/N-ethyl adjacent to an activating group) is 2. The Hall–Kier alpha value is -0.810. The zero-order valence-electron chi connectivity index (χ0n) is 11.5. The number of amides is 2. The van der Waals surface area contributed by atoms with Crippen LogP contribution in [0.3, 0.4) is 0 Å². The van der Waals surface area contributed by atoms with Gasteiger partial charge in [-0.15, -0.1) is 12.4 Å². The van der Waals surface area contributed by atoms with Crippen molar-refractivity contribution in [3.05, 3.63) is 0 Å². The van der Waals surface area contributed by atoms with E-state index in [1.807, 2.05) is 20.8 Å². The summed E-state index contributed by atoms with van der Waals surface area (Å²) >= 11 is 0. The minimum atomic E-state index is -0.590. The molecule has 0 saturated heterocycles. The Morgan fingerprint density at radius 1 is 1.18 bits per heavy atom. The second-order valence-electron chi connectivity index (χ2n) is 5.33. The lowest BCUT2D eigenvalue weighted by Gasteiger charge is -2.30. The van der Waals surface area contributed by atoms with Crippen LogP contribution in [0.15, 0.2) is 0 Å². The van der Waals surface area contributed by atoms with Gasteiger partial charge in [0, 0.05) is 21.1 Å². The standard InChI is InChI=1S/C11H23N3O2.ClH/c1-11(2,3)9(12)10(16)14(6)7-8(15)13(4)5;/h9H,7,12H2,1-6H3;1H. The molecule has 0 aromatic rings.